The molecule has 2 aromatic carbocycles. The van der Waals surface area contributed by atoms with E-state index in [2.05, 4.69) is 28.1 Å². The van der Waals surface area contributed by atoms with E-state index in [4.69, 9.17) is 33.7 Å². The van der Waals surface area contributed by atoms with Gasteiger partial charge in [-0.25, -0.2) is 0 Å². The predicted molar refractivity (Wildman–Crippen MR) is 90.4 cm³/mol. The normalized spacial score (nSPS) is 14.7. The largest absolute Gasteiger partial charge is 0.493 e. The topological polar surface area (TPSA) is 35.2 Å². The highest BCUT2D eigenvalue weighted by molar-refractivity contribution is 9.10. The Balaban J connectivity index is 1.92. The first-order valence-corrected chi connectivity index (χ1v) is 8.24. The van der Waals surface area contributed by atoms with Crippen molar-refractivity contribution in [2.75, 3.05) is 6.61 Å². The molecule has 1 atom stereocenters. The Kier molecular flexibility index (Phi) is 4.46. The second kappa shape index (κ2) is 6.17. The van der Waals surface area contributed by atoms with Gasteiger partial charge < -0.3 is 10.5 Å². The van der Waals surface area contributed by atoms with Crippen molar-refractivity contribution in [1.29, 1.82) is 0 Å². The molecule has 2 N–H and O–H groups in total. The van der Waals surface area contributed by atoms with Crippen molar-refractivity contribution in [3.63, 3.8) is 0 Å². The molecule has 2 aromatic rings. The van der Waals surface area contributed by atoms with E-state index in [1.165, 1.54) is 5.56 Å². The maximum absolute atomic E-state index is 6.33. The fourth-order valence-electron chi connectivity index (χ4n) is 2.65. The van der Waals surface area contributed by atoms with Gasteiger partial charge >= 0.3 is 0 Å². The fourth-order valence-corrected chi connectivity index (χ4v) is 3.65. The lowest BCUT2D eigenvalue weighted by Crippen LogP contribution is -2.14. The first-order valence-electron chi connectivity index (χ1n) is 6.70. The van der Waals surface area contributed by atoms with Crippen molar-refractivity contribution >= 4 is 39.1 Å². The van der Waals surface area contributed by atoms with Crippen LogP contribution in [0, 0.1) is 0 Å². The number of rotatable bonds is 3. The van der Waals surface area contributed by atoms with Crippen LogP contribution in [-0.2, 0) is 12.8 Å². The molecule has 1 unspecified atom stereocenters. The van der Waals surface area contributed by atoms with Crippen molar-refractivity contribution in [2.24, 2.45) is 5.73 Å². The van der Waals surface area contributed by atoms with Gasteiger partial charge in [-0.3, -0.25) is 0 Å². The fraction of sp³-hybridized carbons (Fsp3) is 0.250. The second-order valence-corrected chi connectivity index (χ2v) is 6.81. The zero-order valence-electron chi connectivity index (χ0n) is 11.2. The van der Waals surface area contributed by atoms with Gasteiger partial charge in [0.25, 0.3) is 0 Å². The Hall–Kier alpha value is -0.740. The molecule has 0 aliphatic carbocycles. The van der Waals surface area contributed by atoms with E-state index in [0.717, 1.165) is 34.4 Å². The highest BCUT2D eigenvalue weighted by atomic mass is 79.9. The zero-order chi connectivity index (χ0) is 15.0. The molecule has 2 nitrogen and oxygen atoms in total. The van der Waals surface area contributed by atoms with Crippen LogP contribution in [0.4, 0.5) is 0 Å². The van der Waals surface area contributed by atoms with E-state index < -0.39 is 0 Å². The predicted octanol–water partition coefficient (Wildman–Crippen LogP) is 4.93. The number of benzene rings is 2. The average Bonchev–Trinajstić information content (AvgIpc) is 2.90. The maximum atomic E-state index is 6.33. The molecular formula is C16H14BrCl2NO. The highest BCUT2D eigenvalue weighted by Gasteiger charge is 2.20. The summed E-state index contributed by atoms with van der Waals surface area (Å²) in [5.74, 6) is 0.965. The maximum Gasteiger partial charge on any atom is 0.125 e. The molecule has 3 rings (SSSR count). The molecule has 0 fully saturated rings. The summed E-state index contributed by atoms with van der Waals surface area (Å²) in [5.41, 5.74) is 9.51. The van der Waals surface area contributed by atoms with Gasteiger partial charge in [0.1, 0.15) is 5.75 Å². The van der Waals surface area contributed by atoms with Crippen molar-refractivity contribution in [1.82, 2.24) is 0 Å². The minimum absolute atomic E-state index is 0.223. The minimum atomic E-state index is -0.223. The van der Waals surface area contributed by atoms with Crippen molar-refractivity contribution in [2.45, 2.75) is 18.9 Å². The van der Waals surface area contributed by atoms with E-state index in [-0.39, 0.29) is 6.04 Å². The molecule has 21 heavy (non-hydrogen) atoms. The van der Waals surface area contributed by atoms with Crippen LogP contribution in [0.25, 0.3) is 0 Å². The Morgan fingerprint density at radius 3 is 2.90 bits per heavy atom. The van der Waals surface area contributed by atoms with Gasteiger partial charge in [-0.15, -0.1) is 0 Å². The lowest BCUT2D eigenvalue weighted by molar-refractivity contribution is 0.352. The first-order chi connectivity index (χ1) is 10.1. The monoisotopic (exact) mass is 385 g/mol. The Bertz CT molecular complexity index is 690. The van der Waals surface area contributed by atoms with Crippen LogP contribution in [-0.4, -0.2) is 6.61 Å². The summed E-state index contributed by atoms with van der Waals surface area (Å²) in [4.78, 5) is 0. The van der Waals surface area contributed by atoms with Gasteiger partial charge in [-0.1, -0.05) is 51.3 Å². The first kappa shape index (κ1) is 15.2. The Morgan fingerprint density at radius 1 is 1.29 bits per heavy atom. The van der Waals surface area contributed by atoms with E-state index in [1.54, 1.807) is 6.07 Å². The minimum Gasteiger partial charge on any atom is -0.493 e. The molecule has 0 amide bonds. The molecule has 5 heteroatoms. The van der Waals surface area contributed by atoms with Gasteiger partial charge in [0.05, 0.1) is 16.7 Å². The number of halogens is 3. The SMILES string of the molecule is NC(Cc1cc(Br)cc2c1OCC2)c1cccc(Cl)c1Cl. The second-order valence-electron chi connectivity index (χ2n) is 5.11. The van der Waals surface area contributed by atoms with Crippen molar-refractivity contribution < 1.29 is 4.74 Å². The van der Waals surface area contributed by atoms with Gasteiger partial charge in [0.2, 0.25) is 0 Å². The molecule has 0 saturated heterocycles. The summed E-state index contributed by atoms with van der Waals surface area (Å²) in [6, 6.07) is 9.48. The van der Waals surface area contributed by atoms with Gasteiger partial charge in [0, 0.05) is 16.9 Å². The number of ether oxygens (including phenoxy) is 1. The standard InChI is InChI=1S/C16H14BrCl2NO/c17-11-6-9-4-5-21-16(9)10(7-11)8-14(20)12-2-1-3-13(18)15(12)19/h1-3,6-7,14H,4-5,8,20H2. The van der Waals surface area contributed by atoms with E-state index in [9.17, 15) is 0 Å². The van der Waals surface area contributed by atoms with Crippen LogP contribution in [0.2, 0.25) is 10.0 Å². The molecule has 0 saturated carbocycles. The third-order valence-corrected chi connectivity index (χ3v) is 4.94. The van der Waals surface area contributed by atoms with Crippen molar-refractivity contribution in [3.8, 4) is 5.75 Å². The molecule has 0 bridgehead atoms. The molecule has 0 spiro atoms. The van der Waals surface area contributed by atoms with Gasteiger partial charge in [-0.05, 0) is 41.3 Å². The summed E-state index contributed by atoms with van der Waals surface area (Å²) in [6.45, 7) is 0.728. The third-order valence-electron chi connectivity index (χ3n) is 3.65. The zero-order valence-corrected chi connectivity index (χ0v) is 14.3. The molecule has 0 aromatic heterocycles. The number of nitrogens with two attached hydrogens (primary N) is 1. The summed E-state index contributed by atoms with van der Waals surface area (Å²) >= 11 is 15.9. The Morgan fingerprint density at radius 2 is 2.10 bits per heavy atom. The lowest BCUT2D eigenvalue weighted by Gasteiger charge is -2.16. The van der Waals surface area contributed by atoms with E-state index >= 15 is 0 Å². The summed E-state index contributed by atoms with van der Waals surface area (Å²) in [6.07, 6.45) is 1.59. The quantitative estimate of drug-likeness (QED) is 0.811. The summed E-state index contributed by atoms with van der Waals surface area (Å²) in [5, 5.41) is 1.06. The smallest absolute Gasteiger partial charge is 0.125 e. The van der Waals surface area contributed by atoms with Crippen LogP contribution in [0.3, 0.4) is 0 Å². The Labute approximate surface area is 142 Å². The number of hydrogen-bond acceptors (Lipinski definition) is 2. The highest BCUT2D eigenvalue weighted by Crippen LogP contribution is 2.36. The molecular weight excluding hydrogens is 373 g/mol. The molecule has 110 valence electrons. The number of hydrogen-bond donors (Lipinski definition) is 1. The van der Waals surface area contributed by atoms with Crippen LogP contribution in [0.1, 0.15) is 22.7 Å². The summed E-state index contributed by atoms with van der Waals surface area (Å²) < 4.78 is 6.79. The molecule has 1 aliphatic heterocycles. The van der Waals surface area contributed by atoms with Crippen LogP contribution >= 0.6 is 39.1 Å². The molecule has 0 radical (unpaired) electrons. The van der Waals surface area contributed by atoms with E-state index in [0.29, 0.717) is 16.5 Å². The van der Waals surface area contributed by atoms with E-state index in [1.807, 2.05) is 12.1 Å². The average molecular weight is 387 g/mol. The van der Waals surface area contributed by atoms with Gasteiger partial charge in [-0.2, -0.15) is 0 Å². The van der Waals surface area contributed by atoms with Crippen molar-refractivity contribution in [3.05, 3.63) is 61.5 Å². The van der Waals surface area contributed by atoms with Crippen LogP contribution < -0.4 is 10.5 Å². The molecule has 1 aliphatic rings. The lowest BCUT2D eigenvalue weighted by atomic mass is 9.97. The molecule has 1 heterocycles. The third kappa shape index (κ3) is 3.07. The van der Waals surface area contributed by atoms with Crippen LogP contribution in [0.5, 0.6) is 5.75 Å². The summed E-state index contributed by atoms with van der Waals surface area (Å²) in [7, 11) is 0. The van der Waals surface area contributed by atoms with Gasteiger partial charge in [0.15, 0.2) is 0 Å². The van der Waals surface area contributed by atoms with Crippen LogP contribution in [0.15, 0.2) is 34.8 Å². The number of fused-ring (bicyclic) bond motifs is 1.